The topological polar surface area (TPSA) is 134 Å². The molecule has 2 heterocycles. The number of para-hydroxylation sites is 1. The number of rotatable bonds is 8. The highest BCUT2D eigenvalue weighted by Gasteiger charge is 2.30. The van der Waals surface area contributed by atoms with Gasteiger partial charge in [-0.05, 0) is 31.1 Å². The van der Waals surface area contributed by atoms with Gasteiger partial charge in [0.1, 0.15) is 11.5 Å². The first-order valence-electron chi connectivity index (χ1n) is 10.7. The van der Waals surface area contributed by atoms with Gasteiger partial charge in [-0.2, -0.15) is 0 Å². The first-order valence-corrected chi connectivity index (χ1v) is 10.7. The molecule has 2 aromatic rings. The van der Waals surface area contributed by atoms with Crippen molar-refractivity contribution < 1.29 is 9.59 Å². The van der Waals surface area contributed by atoms with E-state index in [0.717, 1.165) is 6.42 Å². The zero-order valence-corrected chi connectivity index (χ0v) is 18.3. The number of aromatic amines is 1. The molecule has 0 atom stereocenters. The first-order chi connectivity index (χ1) is 15.4. The van der Waals surface area contributed by atoms with E-state index in [1.807, 2.05) is 19.9 Å². The van der Waals surface area contributed by atoms with Crippen LogP contribution in [-0.2, 0) is 16.1 Å². The van der Waals surface area contributed by atoms with Crippen LogP contribution < -0.4 is 32.3 Å². The fraction of sp³-hybridized carbons (Fsp3) is 0.364. The van der Waals surface area contributed by atoms with E-state index in [1.165, 1.54) is 20.6 Å². The lowest BCUT2D eigenvalue weighted by Gasteiger charge is -2.31. The Labute approximate surface area is 185 Å². The van der Waals surface area contributed by atoms with Crippen molar-refractivity contribution in [1.29, 1.82) is 0 Å². The molecule has 0 aliphatic carbocycles. The number of amides is 2. The lowest BCUT2D eigenvalue weighted by molar-refractivity contribution is -0.119. The summed E-state index contributed by atoms with van der Waals surface area (Å²) < 4.78 is 1.26. The van der Waals surface area contributed by atoms with Crippen molar-refractivity contribution >= 4 is 29.0 Å². The Morgan fingerprint density at radius 2 is 1.84 bits per heavy atom. The zero-order chi connectivity index (χ0) is 23.3. The molecule has 2 amide bonds. The number of hydrogen-bond acceptors (Lipinski definition) is 6. The van der Waals surface area contributed by atoms with Crippen LogP contribution in [0.2, 0.25) is 0 Å². The lowest BCUT2D eigenvalue weighted by Crippen LogP contribution is -2.51. The minimum atomic E-state index is -0.725. The normalized spacial score (nSPS) is 13.5. The number of nitrogens with zero attached hydrogens (tertiary/aromatic N) is 3. The highest BCUT2D eigenvalue weighted by Crippen LogP contribution is 2.22. The number of anilines is 3. The number of aromatic nitrogens is 2. The van der Waals surface area contributed by atoms with E-state index in [1.54, 1.807) is 24.3 Å². The third-order valence-electron chi connectivity index (χ3n) is 5.12. The summed E-state index contributed by atoms with van der Waals surface area (Å²) >= 11 is 0. The standard InChI is InChI=1S/C22H28N6O4/c1-3-5-14-26(18-19(23)27(13-4-2)22(32)24-20(18)30)21(31)16-11-12-17(29)28(25-16)15-9-7-6-8-10-15/h6-11,25H,3-5,12-14,23H2,1-2H3,(H,24,30,32). The number of carbonyl (C=O) groups excluding carboxylic acids is 2. The minimum absolute atomic E-state index is 0.0196. The molecule has 1 aliphatic heterocycles. The maximum atomic E-state index is 13.5. The average molecular weight is 441 g/mol. The van der Waals surface area contributed by atoms with Crippen molar-refractivity contribution in [3.63, 3.8) is 0 Å². The van der Waals surface area contributed by atoms with Crippen molar-refractivity contribution in [3.8, 4) is 0 Å². The highest BCUT2D eigenvalue weighted by molar-refractivity contribution is 6.09. The van der Waals surface area contributed by atoms with Crippen LogP contribution in [-0.4, -0.2) is 27.9 Å². The fourth-order valence-electron chi connectivity index (χ4n) is 3.49. The fourth-order valence-corrected chi connectivity index (χ4v) is 3.49. The largest absolute Gasteiger partial charge is 0.383 e. The van der Waals surface area contributed by atoms with Gasteiger partial charge in [-0.15, -0.1) is 0 Å². The molecule has 1 aromatic heterocycles. The van der Waals surface area contributed by atoms with Crippen LogP contribution in [0.25, 0.3) is 0 Å². The molecule has 10 nitrogen and oxygen atoms in total. The van der Waals surface area contributed by atoms with Gasteiger partial charge in [-0.25, -0.2) is 9.80 Å². The molecule has 10 heteroatoms. The lowest BCUT2D eigenvalue weighted by atomic mass is 10.2. The minimum Gasteiger partial charge on any atom is -0.383 e. The number of H-pyrrole nitrogens is 1. The van der Waals surface area contributed by atoms with Crippen LogP contribution in [0.3, 0.4) is 0 Å². The summed E-state index contributed by atoms with van der Waals surface area (Å²) in [6.07, 6.45) is 3.53. The Balaban J connectivity index is 2.01. The van der Waals surface area contributed by atoms with E-state index in [4.69, 9.17) is 5.73 Å². The van der Waals surface area contributed by atoms with Crippen molar-refractivity contribution in [2.24, 2.45) is 0 Å². The number of benzene rings is 1. The van der Waals surface area contributed by atoms with Gasteiger partial charge >= 0.3 is 5.69 Å². The van der Waals surface area contributed by atoms with E-state index in [0.29, 0.717) is 25.1 Å². The zero-order valence-electron chi connectivity index (χ0n) is 18.3. The van der Waals surface area contributed by atoms with Crippen molar-refractivity contribution in [2.75, 3.05) is 22.2 Å². The van der Waals surface area contributed by atoms with Gasteiger partial charge in [0, 0.05) is 19.5 Å². The second kappa shape index (κ2) is 9.99. The molecule has 1 aliphatic rings. The summed E-state index contributed by atoms with van der Waals surface area (Å²) in [5, 5.41) is 1.30. The summed E-state index contributed by atoms with van der Waals surface area (Å²) in [5.41, 5.74) is 8.40. The van der Waals surface area contributed by atoms with Gasteiger partial charge < -0.3 is 5.73 Å². The van der Waals surface area contributed by atoms with Crippen molar-refractivity contribution in [1.82, 2.24) is 15.0 Å². The molecule has 170 valence electrons. The Morgan fingerprint density at radius 3 is 2.50 bits per heavy atom. The first kappa shape index (κ1) is 22.9. The van der Waals surface area contributed by atoms with Crippen LogP contribution in [0.1, 0.15) is 39.5 Å². The molecule has 3 rings (SSSR count). The third kappa shape index (κ3) is 4.58. The number of nitrogen functional groups attached to an aromatic ring is 1. The van der Waals surface area contributed by atoms with Gasteiger partial charge in [-0.1, -0.05) is 38.5 Å². The molecule has 0 saturated heterocycles. The maximum absolute atomic E-state index is 13.5. The molecule has 0 radical (unpaired) electrons. The van der Waals surface area contributed by atoms with Crippen molar-refractivity contribution in [2.45, 2.75) is 46.1 Å². The molecule has 0 spiro atoms. The maximum Gasteiger partial charge on any atom is 0.330 e. The molecule has 0 bridgehead atoms. The second-order valence-electron chi connectivity index (χ2n) is 7.45. The molecule has 0 unspecified atom stereocenters. The van der Waals surface area contributed by atoms with Gasteiger partial charge in [0.05, 0.1) is 5.69 Å². The highest BCUT2D eigenvalue weighted by atomic mass is 16.2. The molecular formula is C22H28N6O4. The van der Waals surface area contributed by atoms with Gasteiger partial charge in [0.2, 0.25) is 5.91 Å². The monoisotopic (exact) mass is 440 g/mol. The third-order valence-corrected chi connectivity index (χ3v) is 5.12. The smallest absolute Gasteiger partial charge is 0.330 e. The van der Waals surface area contributed by atoms with Crippen LogP contribution >= 0.6 is 0 Å². The number of unbranched alkanes of at least 4 members (excludes halogenated alkanes) is 1. The molecular weight excluding hydrogens is 412 g/mol. The van der Waals surface area contributed by atoms with E-state index < -0.39 is 17.2 Å². The van der Waals surface area contributed by atoms with E-state index >= 15 is 0 Å². The quantitative estimate of drug-likeness (QED) is 0.569. The Hall–Kier alpha value is -3.82. The van der Waals surface area contributed by atoms with E-state index in [-0.39, 0.29) is 36.1 Å². The van der Waals surface area contributed by atoms with Crippen LogP contribution in [0.5, 0.6) is 0 Å². The van der Waals surface area contributed by atoms with E-state index in [9.17, 15) is 19.2 Å². The number of nitrogens with one attached hydrogen (secondary N) is 2. The Morgan fingerprint density at radius 1 is 1.12 bits per heavy atom. The Kier molecular flexibility index (Phi) is 7.14. The Bertz CT molecular complexity index is 1140. The van der Waals surface area contributed by atoms with Gasteiger partial charge in [0.25, 0.3) is 11.5 Å². The second-order valence-corrected chi connectivity index (χ2v) is 7.45. The number of hydrogen-bond donors (Lipinski definition) is 3. The van der Waals surface area contributed by atoms with Crippen LogP contribution in [0, 0.1) is 0 Å². The predicted octanol–water partition coefficient (Wildman–Crippen LogP) is 1.49. The summed E-state index contributed by atoms with van der Waals surface area (Å²) in [4.78, 5) is 54.4. The summed E-state index contributed by atoms with van der Waals surface area (Å²) in [5.74, 6) is -0.787. The predicted molar refractivity (Wildman–Crippen MR) is 123 cm³/mol. The molecule has 0 saturated carbocycles. The van der Waals surface area contributed by atoms with Gasteiger partial charge in [0.15, 0.2) is 5.69 Å². The average Bonchev–Trinajstić information content (AvgIpc) is 2.79. The summed E-state index contributed by atoms with van der Waals surface area (Å²) in [6, 6.07) is 8.89. The van der Waals surface area contributed by atoms with E-state index in [2.05, 4.69) is 10.4 Å². The summed E-state index contributed by atoms with van der Waals surface area (Å²) in [7, 11) is 0. The molecule has 32 heavy (non-hydrogen) atoms. The molecule has 0 fully saturated rings. The van der Waals surface area contributed by atoms with Gasteiger partial charge in [-0.3, -0.25) is 34.3 Å². The van der Waals surface area contributed by atoms with Crippen LogP contribution in [0.4, 0.5) is 17.2 Å². The number of hydrazine groups is 1. The molecule has 4 N–H and O–H groups in total. The SMILES string of the molecule is CCCCN(C(=O)C1=CCC(=O)N(c2ccccc2)N1)c1c(N)n(CCC)c(=O)[nH]c1=O. The number of carbonyl (C=O) groups is 2. The van der Waals surface area contributed by atoms with Crippen molar-refractivity contribution in [3.05, 3.63) is 62.9 Å². The molecule has 1 aromatic carbocycles. The number of nitrogens with two attached hydrogens (primary N) is 1. The summed E-state index contributed by atoms with van der Waals surface area (Å²) in [6.45, 7) is 4.37. The van der Waals surface area contributed by atoms with Crippen LogP contribution in [0.15, 0.2) is 51.7 Å².